The highest BCUT2D eigenvalue weighted by molar-refractivity contribution is 4.94. The minimum Gasteiger partial charge on any atom is -0.349 e. The van der Waals surface area contributed by atoms with Crippen molar-refractivity contribution < 1.29 is 9.47 Å². The van der Waals surface area contributed by atoms with Crippen molar-refractivity contribution in [3.8, 4) is 0 Å². The topological polar surface area (TPSA) is 18.5 Å². The molecule has 18 heavy (non-hydrogen) atoms. The first-order valence-corrected chi connectivity index (χ1v) is 8.12. The summed E-state index contributed by atoms with van der Waals surface area (Å²) in [5, 5.41) is 0. The maximum absolute atomic E-state index is 6.35. The molecule has 0 aromatic carbocycles. The van der Waals surface area contributed by atoms with E-state index in [9.17, 15) is 0 Å². The van der Waals surface area contributed by atoms with E-state index in [-0.39, 0.29) is 5.79 Å². The van der Waals surface area contributed by atoms with Crippen molar-refractivity contribution in [2.75, 3.05) is 6.61 Å². The average Bonchev–Trinajstić information content (AvgIpc) is 2.64. The summed E-state index contributed by atoms with van der Waals surface area (Å²) in [4.78, 5) is 0. The van der Waals surface area contributed by atoms with Gasteiger partial charge in [-0.15, -0.1) is 0 Å². The van der Waals surface area contributed by atoms with Gasteiger partial charge in [0, 0.05) is 18.3 Å². The average molecular weight is 252 g/mol. The summed E-state index contributed by atoms with van der Waals surface area (Å²) in [5.41, 5.74) is 0. The largest absolute Gasteiger partial charge is 0.349 e. The second-order valence-corrected chi connectivity index (χ2v) is 6.69. The summed E-state index contributed by atoms with van der Waals surface area (Å²) in [6.45, 7) is 3.28. The lowest BCUT2D eigenvalue weighted by molar-refractivity contribution is -0.293. The number of hydrogen-bond donors (Lipinski definition) is 0. The molecule has 0 saturated carbocycles. The zero-order chi connectivity index (χ0) is 12.4. The molecule has 0 aliphatic carbocycles. The fourth-order valence-electron chi connectivity index (χ4n) is 4.08. The Labute approximate surface area is 111 Å². The van der Waals surface area contributed by atoms with Crippen LogP contribution in [-0.2, 0) is 9.47 Å². The molecule has 0 aromatic heterocycles. The summed E-state index contributed by atoms with van der Waals surface area (Å²) in [6, 6.07) is 0. The lowest BCUT2D eigenvalue weighted by Crippen LogP contribution is -2.44. The van der Waals surface area contributed by atoms with Gasteiger partial charge in [-0.05, 0) is 19.3 Å². The Morgan fingerprint density at radius 1 is 0.944 bits per heavy atom. The summed E-state index contributed by atoms with van der Waals surface area (Å²) in [5.74, 6) is 1.06. The molecular formula is C16H28O2. The Kier molecular flexibility index (Phi) is 3.95. The van der Waals surface area contributed by atoms with Crippen LogP contribution in [0.25, 0.3) is 0 Å². The van der Waals surface area contributed by atoms with Crippen molar-refractivity contribution >= 4 is 0 Å². The van der Waals surface area contributed by atoms with Crippen molar-refractivity contribution in [2.24, 2.45) is 11.8 Å². The highest BCUT2D eigenvalue weighted by atomic mass is 16.7. The molecule has 3 bridgehead atoms. The van der Waals surface area contributed by atoms with Crippen molar-refractivity contribution in [1.29, 1.82) is 0 Å². The van der Waals surface area contributed by atoms with E-state index in [1.54, 1.807) is 0 Å². The molecule has 1 unspecified atom stereocenters. The predicted molar refractivity (Wildman–Crippen MR) is 72.4 cm³/mol. The first kappa shape index (κ1) is 12.9. The summed E-state index contributed by atoms with van der Waals surface area (Å²) in [7, 11) is 0. The summed E-state index contributed by atoms with van der Waals surface area (Å²) < 4.78 is 12.6. The van der Waals surface area contributed by atoms with Crippen LogP contribution in [0.5, 0.6) is 0 Å². The predicted octanol–water partition coefficient (Wildman–Crippen LogP) is 4.28. The molecule has 3 rings (SSSR count). The van der Waals surface area contributed by atoms with E-state index in [0.29, 0.717) is 17.9 Å². The molecule has 3 fully saturated rings. The lowest BCUT2D eigenvalue weighted by Gasteiger charge is -2.39. The third-order valence-corrected chi connectivity index (χ3v) is 5.36. The van der Waals surface area contributed by atoms with E-state index >= 15 is 0 Å². The molecule has 2 nitrogen and oxygen atoms in total. The quantitative estimate of drug-likeness (QED) is 0.640. The monoisotopic (exact) mass is 252 g/mol. The van der Waals surface area contributed by atoms with Crippen LogP contribution >= 0.6 is 0 Å². The maximum atomic E-state index is 6.35. The van der Waals surface area contributed by atoms with Gasteiger partial charge < -0.3 is 9.47 Å². The zero-order valence-electron chi connectivity index (χ0n) is 11.8. The van der Waals surface area contributed by atoms with Gasteiger partial charge in [-0.25, -0.2) is 0 Å². The molecule has 104 valence electrons. The molecule has 3 aliphatic heterocycles. The molecule has 3 heterocycles. The van der Waals surface area contributed by atoms with Crippen LogP contribution in [0.4, 0.5) is 0 Å². The van der Waals surface area contributed by atoms with Gasteiger partial charge in [0.1, 0.15) is 0 Å². The number of ether oxygens (including phenoxy) is 2. The Morgan fingerprint density at radius 2 is 1.67 bits per heavy atom. The zero-order valence-corrected chi connectivity index (χ0v) is 11.8. The van der Waals surface area contributed by atoms with Crippen molar-refractivity contribution in [3.63, 3.8) is 0 Å². The van der Waals surface area contributed by atoms with Crippen LogP contribution in [0, 0.1) is 11.8 Å². The fraction of sp³-hybridized carbons (Fsp3) is 1.00. The Balaban J connectivity index is 1.69. The van der Waals surface area contributed by atoms with E-state index in [1.165, 1.54) is 57.8 Å². The van der Waals surface area contributed by atoms with Crippen molar-refractivity contribution in [2.45, 2.75) is 83.0 Å². The maximum Gasteiger partial charge on any atom is 0.171 e. The molecular weight excluding hydrogens is 224 g/mol. The lowest BCUT2D eigenvalue weighted by atomic mass is 9.90. The normalized spacial score (nSPS) is 46.2. The van der Waals surface area contributed by atoms with Crippen LogP contribution < -0.4 is 0 Å². The first-order valence-electron chi connectivity index (χ1n) is 8.12. The van der Waals surface area contributed by atoms with E-state index < -0.39 is 0 Å². The summed E-state index contributed by atoms with van der Waals surface area (Å²) in [6.07, 6.45) is 13.8. The highest BCUT2D eigenvalue weighted by Gasteiger charge is 2.52. The third kappa shape index (κ3) is 2.46. The van der Waals surface area contributed by atoms with Gasteiger partial charge >= 0.3 is 0 Å². The SMILES string of the molecule is C[C@@H]1CC2O[C@@]13CCCCCCCCC[C@@H]2CO3. The molecule has 0 amide bonds. The van der Waals surface area contributed by atoms with Crippen LogP contribution in [-0.4, -0.2) is 18.5 Å². The van der Waals surface area contributed by atoms with E-state index in [0.717, 1.165) is 13.0 Å². The van der Waals surface area contributed by atoms with Crippen LogP contribution in [0.15, 0.2) is 0 Å². The molecule has 0 aromatic rings. The van der Waals surface area contributed by atoms with Gasteiger partial charge in [0.05, 0.1) is 12.7 Å². The molecule has 0 radical (unpaired) electrons. The number of hydrogen-bond acceptors (Lipinski definition) is 2. The molecule has 4 atom stereocenters. The second kappa shape index (κ2) is 5.50. The Morgan fingerprint density at radius 3 is 2.50 bits per heavy atom. The number of rotatable bonds is 0. The smallest absolute Gasteiger partial charge is 0.171 e. The second-order valence-electron chi connectivity index (χ2n) is 6.69. The van der Waals surface area contributed by atoms with Gasteiger partial charge in [0.2, 0.25) is 0 Å². The molecule has 2 heteroatoms. The minimum atomic E-state index is -0.199. The minimum absolute atomic E-state index is 0.199. The van der Waals surface area contributed by atoms with Crippen molar-refractivity contribution in [1.82, 2.24) is 0 Å². The van der Waals surface area contributed by atoms with E-state index in [1.807, 2.05) is 0 Å². The van der Waals surface area contributed by atoms with Crippen molar-refractivity contribution in [3.05, 3.63) is 0 Å². The first-order chi connectivity index (χ1) is 8.80. The van der Waals surface area contributed by atoms with E-state index in [4.69, 9.17) is 9.47 Å². The van der Waals surface area contributed by atoms with Crippen LogP contribution in [0.2, 0.25) is 0 Å². The van der Waals surface area contributed by atoms with E-state index in [2.05, 4.69) is 6.92 Å². The third-order valence-electron chi connectivity index (χ3n) is 5.36. The molecule has 3 saturated heterocycles. The van der Waals surface area contributed by atoms with Gasteiger partial charge in [0.25, 0.3) is 0 Å². The summed E-state index contributed by atoms with van der Waals surface area (Å²) >= 11 is 0. The molecule has 0 N–H and O–H groups in total. The van der Waals surface area contributed by atoms with Crippen LogP contribution in [0.1, 0.15) is 71.1 Å². The Hall–Kier alpha value is -0.0800. The molecule has 0 spiro atoms. The van der Waals surface area contributed by atoms with Gasteiger partial charge in [-0.1, -0.05) is 45.4 Å². The standard InChI is InChI=1S/C16H28O2/c1-13-11-15-14-9-7-5-3-2-4-6-8-10-16(13,18-15)17-12-14/h13-15H,2-12H2,1H3/t13-,14-,15?,16+/m1/s1. The fourth-order valence-corrected chi connectivity index (χ4v) is 4.08. The highest BCUT2D eigenvalue weighted by Crippen LogP contribution is 2.47. The Bertz CT molecular complexity index is 274. The van der Waals surface area contributed by atoms with Crippen LogP contribution in [0.3, 0.4) is 0 Å². The van der Waals surface area contributed by atoms with Gasteiger partial charge in [0.15, 0.2) is 5.79 Å². The molecule has 3 aliphatic rings. The van der Waals surface area contributed by atoms with Gasteiger partial charge in [-0.2, -0.15) is 0 Å². The van der Waals surface area contributed by atoms with Gasteiger partial charge in [-0.3, -0.25) is 0 Å².